The molecule has 20 heavy (non-hydrogen) atoms. The maximum absolute atomic E-state index is 12.2. The molecular weight excluding hydrogens is 300 g/mol. The lowest BCUT2D eigenvalue weighted by atomic mass is 10.1. The lowest BCUT2D eigenvalue weighted by Gasteiger charge is -2.14. The quantitative estimate of drug-likeness (QED) is 0.898. The molecule has 0 aliphatic heterocycles. The van der Waals surface area contributed by atoms with Crippen molar-refractivity contribution >= 4 is 27.4 Å². The van der Waals surface area contributed by atoms with Crippen molar-refractivity contribution < 1.29 is 8.42 Å². The van der Waals surface area contributed by atoms with Gasteiger partial charge < -0.3 is 5.73 Å². The Labute approximate surface area is 122 Å². The van der Waals surface area contributed by atoms with Crippen LogP contribution < -0.4 is 10.5 Å². The van der Waals surface area contributed by atoms with Crippen molar-refractivity contribution in [1.29, 1.82) is 0 Å². The average Bonchev–Trinajstić information content (AvgIpc) is 2.69. The molecule has 2 aromatic rings. The number of nitrogens with two attached hydrogens (primary N) is 1. The fraction of sp³-hybridized carbons (Fsp3) is 0.250. The summed E-state index contributed by atoms with van der Waals surface area (Å²) in [5.74, 6) is -0.0247. The first-order valence-corrected chi connectivity index (χ1v) is 7.72. The second-order valence-corrected chi connectivity index (χ2v) is 6.57. The molecule has 1 aromatic carbocycles. The van der Waals surface area contributed by atoms with E-state index in [9.17, 15) is 8.42 Å². The number of nitrogens with one attached hydrogen (secondary N) is 1. The maximum Gasteiger partial charge on any atom is 0.246 e. The molecule has 0 saturated heterocycles. The number of hydrogen-bond donors (Lipinski definition) is 2. The fourth-order valence-electron chi connectivity index (χ4n) is 1.81. The molecule has 0 aliphatic rings. The van der Waals surface area contributed by atoms with Crippen LogP contribution in [0.2, 0.25) is 5.02 Å². The Balaban J connectivity index is 2.24. The topological polar surface area (TPSA) is 90.0 Å². The van der Waals surface area contributed by atoms with Gasteiger partial charge in [-0.3, -0.25) is 4.68 Å². The Bertz CT molecular complexity index is 710. The summed E-state index contributed by atoms with van der Waals surface area (Å²) in [4.78, 5) is -0.0270. The molecule has 3 N–H and O–H groups in total. The average molecular weight is 315 g/mol. The van der Waals surface area contributed by atoms with Gasteiger partial charge in [-0.05, 0) is 24.6 Å². The standard InChI is InChI=1S/C12H15ClN4O2S/c1-8(9-3-5-10(13)6-4-9)16-20(18,19)11-7-17(2)15-12(11)14/h3-8,16H,1-2H3,(H2,14,15). The number of sulfonamides is 1. The van der Waals surface area contributed by atoms with Gasteiger partial charge in [0.05, 0.1) is 0 Å². The van der Waals surface area contributed by atoms with Gasteiger partial charge in [-0.25, -0.2) is 13.1 Å². The molecule has 0 saturated carbocycles. The van der Waals surface area contributed by atoms with Crippen molar-refractivity contribution in [2.75, 3.05) is 5.73 Å². The van der Waals surface area contributed by atoms with Gasteiger partial charge in [0.2, 0.25) is 10.0 Å². The SMILES string of the molecule is CC(NS(=O)(=O)c1cn(C)nc1N)c1ccc(Cl)cc1. The van der Waals surface area contributed by atoms with Crippen LogP contribution in [-0.2, 0) is 17.1 Å². The second kappa shape index (κ2) is 5.43. The van der Waals surface area contributed by atoms with E-state index in [1.807, 2.05) is 0 Å². The summed E-state index contributed by atoms with van der Waals surface area (Å²) in [7, 11) is -2.11. The Kier molecular flexibility index (Phi) is 4.03. The predicted octanol–water partition coefficient (Wildman–Crippen LogP) is 1.70. The van der Waals surface area contributed by atoms with E-state index in [4.69, 9.17) is 17.3 Å². The molecule has 1 heterocycles. The number of aromatic nitrogens is 2. The first-order chi connectivity index (χ1) is 9.29. The molecule has 1 unspecified atom stereocenters. The zero-order chi connectivity index (χ0) is 14.9. The monoisotopic (exact) mass is 314 g/mol. The van der Waals surface area contributed by atoms with Crippen molar-refractivity contribution in [3.63, 3.8) is 0 Å². The zero-order valence-corrected chi connectivity index (χ0v) is 12.6. The summed E-state index contributed by atoms with van der Waals surface area (Å²) in [6.45, 7) is 1.74. The highest BCUT2D eigenvalue weighted by molar-refractivity contribution is 7.89. The Morgan fingerprint density at radius 3 is 2.45 bits per heavy atom. The molecule has 0 amide bonds. The fourth-order valence-corrected chi connectivity index (χ4v) is 3.27. The minimum Gasteiger partial charge on any atom is -0.381 e. The molecule has 0 bridgehead atoms. The number of aryl methyl sites for hydroxylation is 1. The van der Waals surface area contributed by atoms with Crippen molar-refractivity contribution in [2.45, 2.75) is 17.9 Å². The number of benzene rings is 1. The normalized spacial score (nSPS) is 13.3. The van der Waals surface area contributed by atoms with Crippen molar-refractivity contribution in [2.24, 2.45) is 7.05 Å². The van der Waals surface area contributed by atoms with E-state index in [0.29, 0.717) is 5.02 Å². The molecule has 6 nitrogen and oxygen atoms in total. The van der Waals surface area contributed by atoms with Crippen LogP contribution >= 0.6 is 11.6 Å². The van der Waals surface area contributed by atoms with Crippen molar-refractivity contribution in [3.8, 4) is 0 Å². The number of nitrogen functional groups attached to an aromatic ring is 1. The van der Waals surface area contributed by atoms with Crippen LogP contribution in [0.1, 0.15) is 18.5 Å². The highest BCUT2D eigenvalue weighted by Gasteiger charge is 2.23. The summed E-state index contributed by atoms with van der Waals surface area (Å²) < 4.78 is 28.4. The molecule has 108 valence electrons. The smallest absolute Gasteiger partial charge is 0.246 e. The van der Waals surface area contributed by atoms with Gasteiger partial charge in [-0.1, -0.05) is 23.7 Å². The van der Waals surface area contributed by atoms with Gasteiger partial charge in [0, 0.05) is 24.3 Å². The lowest BCUT2D eigenvalue weighted by Crippen LogP contribution is -2.27. The van der Waals surface area contributed by atoms with E-state index < -0.39 is 16.1 Å². The second-order valence-electron chi connectivity index (χ2n) is 4.45. The van der Waals surface area contributed by atoms with Crippen LogP contribution in [0.4, 0.5) is 5.82 Å². The van der Waals surface area contributed by atoms with Crippen LogP contribution in [0.15, 0.2) is 35.4 Å². The molecule has 8 heteroatoms. The van der Waals surface area contributed by atoms with Crippen LogP contribution in [-0.4, -0.2) is 18.2 Å². The van der Waals surface area contributed by atoms with Gasteiger partial charge in [0.1, 0.15) is 4.90 Å². The van der Waals surface area contributed by atoms with Crippen LogP contribution in [0.5, 0.6) is 0 Å². The first kappa shape index (κ1) is 14.8. The summed E-state index contributed by atoms with van der Waals surface area (Å²) in [6.07, 6.45) is 1.37. The molecule has 2 rings (SSSR count). The van der Waals surface area contributed by atoms with Crippen molar-refractivity contribution in [1.82, 2.24) is 14.5 Å². The minimum atomic E-state index is -3.72. The largest absolute Gasteiger partial charge is 0.381 e. The van der Waals surface area contributed by atoms with E-state index in [-0.39, 0.29) is 10.7 Å². The van der Waals surface area contributed by atoms with Gasteiger partial charge in [-0.2, -0.15) is 5.10 Å². The first-order valence-electron chi connectivity index (χ1n) is 5.86. The molecule has 1 aromatic heterocycles. The third-order valence-corrected chi connectivity index (χ3v) is 4.62. The summed E-state index contributed by atoms with van der Waals surface area (Å²) in [5.41, 5.74) is 6.40. The molecular formula is C12H15ClN4O2S. The Morgan fingerprint density at radius 1 is 1.35 bits per heavy atom. The molecule has 0 aliphatic carbocycles. The van der Waals surface area contributed by atoms with Gasteiger partial charge >= 0.3 is 0 Å². The van der Waals surface area contributed by atoms with Gasteiger partial charge in [0.25, 0.3) is 0 Å². The van der Waals surface area contributed by atoms with E-state index >= 15 is 0 Å². The van der Waals surface area contributed by atoms with Crippen molar-refractivity contribution in [3.05, 3.63) is 41.0 Å². The molecule has 0 radical (unpaired) electrons. The lowest BCUT2D eigenvalue weighted by molar-refractivity contribution is 0.567. The number of halogens is 1. The number of anilines is 1. The molecule has 1 atom stereocenters. The highest BCUT2D eigenvalue weighted by Crippen LogP contribution is 2.21. The van der Waals surface area contributed by atoms with Crippen LogP contribution in [0, 0.1) is 0 Å². The van der Waals surface area contributed by atoms with E-state index in [2.05, 4.69) is 9.82 Å². The van der Waals surface area contributed by atoms with Crippen LogP contribution in [0.25, 0.3) is 0 Å². The third kappa shape index (κ3) is 3.12. The van der Waals surface area contributed by atoms with E-state index in [0.717, 1.165) is 5.56 Å². The number of rotatable bonds is 4. The number of hydrogen-bond acceptors (Lipinski definition) is 4. The minimum absolute atomic E-state index is 0.0247. The highest BCUT2D eigenvalue weighted by atomic mass is 35.5. The van der Waals surface area contributed by atoms with Gasteiger partial charge in [-0.15, -0.1) is 0 Å². The van der Waals surface area contributed by atoms with E-state index in [1.165, 1.54) is 10.9 Å². The van der Waals surface area contributed by atoms with Gasteiger partial charge in [0.15, 0.2) is 5.82 Å². The summed E-state index contributed by atoms with van der Waals surface area (Å²) >= 11 is 5.80. The molecule has 0 fully saturated rings. The summed E-state index contributed by atoms with van der Waals surface area (Å²) in [5, 5.41) is 4.42. The Hall–Kier alpha value is -1.57. The number of nitrogens with zero attached hydrogens (tertiary/aromatic N) is 2. The Morgan fingerprint density at radius 2 is 1.95 bits per heavy atom. The maximum atomic E-state index is 12.2. The molecule has 0 spiro atoms. The third-order valence-electron chi connectivity index (χ3n) is 2.81. The summed E-state index contributed by atoms with van der Waals surface area (Å²) in [6, 6.07) is 6.54. The predicted molar refractivity (Wildman–Crippen MR) is 77.8 cm³/mol. The van der Waals surface area contributed by atoms with Crippen LogP contribution in [0.3, 0.4) is 0 Å². The van der Waals surface area contributed by atoms with E-state index in [1.54, 1.807) is 38.2 Å². The zero-order valence-electron chi connectivity index (χ0n) is 11.0.